The van der Waals surface area contributed by atoms with Gasteiger partial charge in [0.15, 0.2) is 0 Å². The van der Waals surface area contributed by atoms with Gasteiger partial charge in [-0.1, -0.05) is 6.07 Å². The lowest BCUT2D eigenvalue weighted by Crippen LogP contribution is -2.48. The zero-order valence-corrected chi connectivity index (χ0v) is 15.7. The van der Waals surface area contributed by atoms with Gasteiger partial charge in [0.25, 0.3) is 5.91 Å². The lowest BCUT2D eigenvalue weighted by atomic mass is 10.2. The SMILES string of the molecule is COc1cccc(C(=O)Nc2ccc(N3CCN(C(C)C)CC3)cc2)c1. The first kappa shape index (κ1) is 18.3. The molecule has 138 valence electrons. The summed E-state index contributed by atoms with van der Waals surface area (Å²) < 4.78 is 5.17. The lowest BCUT2D eigenvalue weighted by molar-refractivity contribution is 0.102. The summed E-state index contributed by atoms with van der Waals surface area (Å²) in [7, 11) is 1.59. The van der Waals surface area contributed by atoms with Crippen LogP contribution in [0.1, 0.15) is 24.2 Å². The molecule has 0 aliphatic carbocycles. The molecule has 5 nitrogen and oxygen atoms in total. The van der Waals surface area contributed by atoms with Crippen molar-refractivity contribution in [3.8, 4) is 5.75 Å². The zero-order chi connectivity index (χ0) is 18.5. The third-order valence-electron chi connectivity index (χ3n) is 4.87. The maximum absolute atomic E-state index is 12.4. The summed E-state index contributed by atoms with van der Waals surface area (Å²) in [4.78, 5) is 17.3. The van der Waals surface area contributed by atoms with E-state index in [0.29, 0.717) is 17.4 Å². The second kappa shape index (κ2) is 8.23. The highest BCUT2D eigenvalue weighted by molar-refractivity contribution is 6.04. The second-order valence-electron chi connectivity index (χ2n) is 6.85. The minimum atomic E-state index is -0.137. The van der Waals surface area contributed by atoms with E-state index in [9.17, 15) is 4.79 Å². The number of carbonyl (C=O) groups is 1. The number of anilines is 2. The van der Waals surface area contributed by atoms with Gasteiger partial charge in [0.1, 0.15) is 5.75 Å². The maximum atomic E-state index is 12.4. The van der Waals surface area contributed by atoms with Crippen molar-refractivity contribution in [3.63, 3.8) is 0 Å². The predicted octanol–water partition coefficient (Wildman–Crippen LogP) is 3.48. The Labute approximate surface area is 155 Å². The van der Waals surface area contributed by atoms with Crippen molar-refractivity contribution in [1.82, 2.24) is 4.90 Å². The Morgan fingerprint density at radius 2 is 1.73 bits per heavy atom. The van der Waals surface area contributed by atoms with E-state index in [0.717, 1.165) is 31.9 Å². The van der Waals surface area contributed by atoms with Crippen LogP contribution >= 0.6 is 0 Å². The van der Waals surface area contributed by atoms with E-state index in [1.165, 1.54) is 5.69 Å². The third-order valence-corrected chi connectivity index (χ3v) is 4.87. The van der Waals surface area contributed by atoms with Crippen LogP contribution in [0.2, 0.25) is 0 Å². The van der Waals surface area contributed by atoms with Gasteiger partial charge in [-0.25, -0.2) is 0 Å². The highest BCUT2D eigenvalue weighted by Crippen LogP contribution is 2.21. The maximum Gasteiger partial charge on any atom is 0.255 e. The highest BCUT2D eigenvalue weighted by atomic mass is 16.5. The van der Waals surface area contributed by atoms with Crippen molar-refractivity contribution < 1.29 is 9.53 Å². The summed E-state index contributed by atoms with van der Waals surface area (Å²) in [5.74, 6) is 0.538. The third kappa shape index (κ3) is 4.35. The van der Waals surface area contributed by atoms with Gasteiger partial charge in [-0.15, -0.1) is 0 Å². The summed E-state index contributed by atoms with van der Waals surface area (Å²) in [5, 5.41) is 2.94. The molecule has 26 heavy (non-hydrogen) atoms. The first-order valence-corrected chi connectivity index (χ1v) is 9.11. The Kier molecular flexibility index (Phi) is 5.78. The van der Waals surface area contributed by atoms with Crippen LogP contribution in [0.25, 0.3) is 0 Å². The number of piperazine rings is 1. The van der Waals surface area contributed by atoms with Crippen LogP contribution in [0.15, 0.2) is 48.5 Å². The normalized spacial score (nSPS) is 15.2. The van der Waals surface area contributed by atoms with Crippen molar-refractivity contribution in [2.24, 2.45) is 0 Å². The summed E-state index contributed by atoms with van der Waals surface area (Å²) in [6, 6.07) is 15.8. The Morgan fingerprint density at radius 1 is 1.04 bits per heavy atom. The molecule has 0 bridgehead atoms. The molecule has 1 heterocycles. The number of hydrogen-bond acceptors (Lipinski definition) is 4. The van der Waals surface area contributed by atoms with Crippen LogP contribution in [0.5, 0.6) is 5.75 Å². The van der Waals surface area contributed by atoms with E-state index in [1.807, 2.05) is 24.3 Å². The van der Waals surface area contributed by atoms with E-state index in [2.05, 4.69) is 41.1 Å². The van der Waals surface area contributed by atoms with Gasteiger partial charge in [0, 0.05) is 49.2 Å². The van der Waals surface area contributed by atoms with Crippen LogP contribution in [0.3, 0.4) is 0 Å². The first-order chi connectivity index (χ1) is 12.6. The molecule has 0 radical (unpaired) electrons. The molecular formula is C21H27N3O2. The van der Waals surface area contributed by atoms with Crippen LogP contribution < -0.4 is 15.0 Å². The number of rotatable bonds is 5. The molecule has 0 saturated carbocycles. The number of nitrogens with zero attached hydrogens (tertiary/aromatic N) is 2. The molecule has 0 unspecified atom stereocenters. The van der Waals surface area contributed by atoms with Crippen LogP contribution in [0, 0.1) is 0 Å². The minimum absolute atomic E-state index is 0.137. The fraction of sp³-hybridized carbons (Fsp3) is 0.381. The van der Waals surface area contributed by atoms with Crippen molar-refractivity contribution in [3.05, 3.63) is 54.1 Å². The molecule has 2 aromatic carbocycles. The molecule has 0 spiro atoms. The van der Waals surface area contributed by atoms with E-state index < -0.39 is 0 Å². The van der Waals surface area contributed by atoms with Crippen LogP contribution in [-0.2, 0) is 0 Å². The van der Waals surface area contributed by atoms with Gasteiger partial charge in [0.2, 0.25) is 0 Å². The molecule has 3 rings (SSSR count). The molecule has 1 aliphatic heterocycles. The average Bonchev–Trinajstić information content (AvgIpc) is 2.68. The largest absolute Gasteiger partial charge is 0.497 e. The molecule has 0 aromatic heterocycles. The molecule has 1 saturated heterocycles. The Balaban J connectivity index is 1.60. The van der Waals surface area contributed by atoms with E-state index in [1.54, 1.807) is 19.2 Å². The van der Waals surface area contributed by atoms with Crippen molar-refractivity contribution in [2.75, 3.05) is 43.5 Å². The topological polar surface area (TPSA) is 44.8 Å². The summed E-state index contributed by atoms with van der Waals surface area (Å²) in [6.07, 6.45) is 0. The first-order valence-electron chi connectivity index (χ1n) is 9.11. The lowest BCUT2D eigenvalue weighted by Gasteiger charge is -2.38. The molecule has 0 atom stereocenters. The Morgan fingerprint density at radius 3 is 2.35 bits per heavy atom. The predicted molar refractivity (Wildman–Crippen MR) is 106 cm³/mol. The molecule has 2 aromatic rings. The number of nitrogens with one attached hydrogen (secondary N) is 1. The summed E-state index contributed by atoms with van der Waals surface area (Å²) >= 11 is 0. The van der Waals surface area contributed by atoms with Crippen molar-refractivity contribution >= 4 is 17.3 Å². The summed E-state index contributed by atoms with van der Waals surface area (Å²) in [5.41, 5.74) is 2.58. The number of methoxy groups -OCH3 is 1. The van der Waals surface area contributed by atoms with Crippen molar-refractivity contribution in [2.45, 2.75) is 19.9 Å². The molecule has 1 N–H and O–H groups in total. The van der Waals surface area contributed by atoms with Gasteiger partial charge in [-0.05, 0) is 56.3 Å². The fourth-order valence-corrected chi connectivity index (χ4v) is 3.22. The molecule has 1 fully saturated rings. The highest BCUT2D eigenvalue weighted by Gasteiger charge is 2.19. The number of amides is 1. The number of ether oxygens (including phenoxy) is 1. The average molecular weight is 353 g/mol. The van der Waals surface area contributed by atoms with Gasteiger partial charge in [-0.3, -0.25) is 9.69 Å². The minimum Gasteiger partial charge on any atom is -0.497 e. The molecule has 1 aliphatic rings. The Hall–Kier alpha value is -2.53. The fourth-order valence-electron chi connectivity index (χ4n) is 3.22. The second-order valence-corrected chi connectivity index (χ2v) is 6.85. The van der Waals surface area contributed by atoms with Crippen LogP contribution in [0.4, 0.5) is 11.4 Å². The number of hydrogen-bond donors (Lipinski definition) is 1. The van der Waals surface area contributed by atoms with Crippen molar-refractivity contribution in [1.29, 1.82) is 0 Å². The van der Waals surface area contributed by atoms with Crippen LogP contribution in [-0.4, -0.2) is 50.1 Å². The van der Waals surface area contributed by atoms with Gasteiger partial charge < -0.3 is 15.0 Å². The monoisotopic (exact) mass is 353 g/mol. The van der Waals surface area contributed by atoms with E-state index in [-0.39, 0.29) is 5.91 Å². The van der Waals surface area contributed by atoms with E-state index in [4.69, 9.17) is 4.74 Å². The quantitative estimate of drug-likeness (QED) is 0.894. The van der Waals surface area contributed by atoms with Gasteiger partial charge >= 0.3 is 0 Å². The number of benzene rings is 2. The molecular weight excluding hydrogens is 326 g/mol. The number of carbonyl (C=O) groups excluding carboxylic acids is 1. The zero-order valence-electron chi connectivity index (χ0n) is 15.7. The molecule has 5 heteroatoms. The van der Waals surface area contributed by atoms with Gasteiger partial charge in [-0.2, -0.15) is 0 Å². The smallest absolute Gasteiger partial charge is 0.255 e. The summed E-state index contributed by atoms with van der Waals surface area (Å²) in [6.45, 7) is 8.74. The Bertz CT molecular complexity index is 735. The van der Waals surface area contributed by atoms with E-state index >= 15 is 0 Å². The molecule has 1 amide bonds. The standard InChI is InChI=1S/C21H27N3O2/c1-16(2)23-11-13-24(14-12-23)19-9-7-18(8-10-19)22-21(25)17-5-4-6-20(15-17)26-3/h4-10,15-16H,11-14H2,1-3H3,(H,22,25). The van der Waals surface area contributed by atoms with Gasteiger partial charge in [0.05, 0.1) is 7.11 Å².